The van der Waals surface area contributed by atoms with Crippen molar-refractivity contribution in [2.75, 3.05) is 18.1 Å². The van der Waals surface area contributed by atoms with Crippen LogP contribution in [0.4, 0.5) is 5.69 Å². The van der Waals surface area contributed by atoms with E-state index in [0.717, 1.165) is 32.3 Å². The lowest BCUT2D eigenvalue weighted by atomic mass is 10.3. The fourth-order valence-corrected chi connectivity index (χ4v) is 3.59. The number of ether oxygens (including phenoxy) is 2. The topological polar surface area (TPSA) is 44.5 Å². The zero-order chi connectivity index (χ0) is 13.9. The lowest BCUT2D eigenvalue weighted by Crippen LogP contribution is -2.31. The number of hydrogen-bond acceptors (Lipinski definition) is 4. The van der Waals surface area contributed by atoms with E-state index in [-0.39, 0.29) is 6.10 Å². The van der Waals surface area contributed by atoms with Crippen LogP contribution in [0, 0.1) is 0 Å². The van der Waals surface area contributed by atoms with Crippen LogP contribution in [0.1, 0.15) is 0 Å². The van der Waals surface area contributed by atoms with E-state index in [2.05, 4.69) is 15.9 Å². The molecule has 0 fully saturated rings. The Morgan fingerprint density at radius 1 is 1.20 bits per heavy atom. The van der Waals surface area contributed by atoms with Gasteiger partial charge in [0.15, 0.2) is 11.5 Å². The number of halogens is 1. The fourth-order valence-electron chi connectivity index (χ4n) is 1.96. The number of rotatable bonds is 3. The van der Waals surface area contributed by atoms with Crippen molar-refractivity contribution < 1.29 is 9.47 Å². The summed E-state index contributed by atoms with van der Waals surface area (Å²) in [6.45, 7) is 0.580. The summed E-state index contributed by atoms with van der Waals surface area (Å²) in [5, 5.41) is 0. The van der Waals surface area contributed by atoms with Crippen LogP contribution in [0.25, 0.3) is 0 Å². The molecule has 0 amide bonds. The number of anilines is 1. The minimum atomic E-state index is 0.0550. The summed E-state index contributed by atoms with van der Waals surface area (Å²) >= 11 is 5.25. The molecule has 2 aromatic carbocycles. The molecule has 0 spiro atoms. The summed E-state index contributed by atoms with van der Waals surface area (Å²) < 4.78 is 12.6. The third-order valence-corrected chi connectivity index (χ3v) is 5.07. The molecule has 1 heterocycles. The van der Waals surface area contributed by atoms with E-state index >= 15 is 0 Å². The molecule has 1 aliphatic heterocycles. The Labute approximate surface area is 130 Å². The Morgan fingerprint density at radius 3 is 2.80 bits per heavy atom. The first kappa shape index (κ1) is 13.6. The molecule has 2 N–H and O–H groups in total. The molecule has 104 valence electrons. The molecule has 0 bridgehead atoms. The summed E-state index contributed by atoms with van der Waals surface area (Å²) in [4.78, 5) is 1.15. The number of nitrogen functional groups attached to an aromatic ring is 1. The number of para-hydroxylation sites is 2. The van der Waals surface area contributed by atoms with Crippen molar-refractivity contribution in [1.29, 1.82) is 0 Å². The van der Waals surface area contributed by atoms with Crippen molar-refractivity contribution >= 4 is 33.4 Å². The van der Waals surface area contributed by atoms with Crippen LogP contribution >= 0.6 is 27.7 Å². The number of benzene rings is 2. The summed E-state index contributed by atoms with van der Waals surface area (Å²) in [7, 11) is 0. The maximum absolute atomic E-state index is 5.93. The Morgan fingerprint density at radius 2 is 2.00 bits per heavy atom. The lowest BCUT2D eigenvalue weighted by Gasteiger charge is -2.26. The van der Waals surface area contributed by atoms with Gasteiger partial charge >= 0.3 is 0 Å². The Kier molecular flexibility index (Phi) is 4.08. The van der Waals surface area contributed by atoms with E-state index in [0.29, 0.717) is 6.61 Å². The fraction of sp³-hybridized carbons (Fsp3) is 0.200. The van der Waals surface area contributed by atoms with Gasteiger partial charge < -0.3 is 15.2 Å². The quantitative estimate of drug-likeness (QED) is 0.671. The van der Waals surface area contributed by atoms with Crippen molar-refractivity contribution in [3.63, 3.8) is 0 Å². The van der Waals surface area contributed by atoms with Crippen molar-refractivity contribution in [2.45, 2.75) is 11.0 Å². The molecule has 0 aliphatic carbocycles. The molecule has 1 aliphatic rings. The van der Waals surface area contributed by atoms with E-state index in [4.69, 9.17) is 15.2 Å². The standard InChI is InChI=1S/C15H14BrNO2S/c16-12-7-10(17)5-6-15(12)20-9-11-8-18-13-3-1-2-4-14(13)19-11/h1-7,11H,8-9,17H2. The van der Waals surface area contributed by atoms with Crippen molar-refractivity contribution in [3.05, 3.63) is 46.9 Å². The summed E-state index contributed by atoms with van der Waals surface area (Å²) in [5.41, 5.74) is 6.49. The second-order valence-corrected chi connectivity index (χ2v) is 6.41. The first-order valence-corrected chi connectivity index (χ1v) is 8.06. The Bertz CT molecular complexity index is 621. The zero-order valence-electron chi connectivity index (χ0n) is 10.7. The second kappa shape index (κ2) is 5.97. The molecule has 5 heteroatoms. The van der Waals surface area contributed by atoms with Gasteiger partial charge in [-0.05, 0) is 46.3 Å². The van der Waals surface area contributed by atoms with Crippen molar-refractivity contribution in [1.82, 2.24) is 0 Å². The zero-order valence-corrected chi connectivity index (χ0v) is 13.1. The van der Waals surface area contributed by atoms with Gasteiger partial charge in [-0.2, -0.15) is 0 Å². The van der Waals surface area contributed by atoms with Crippen molar-refractivity contribution in [3.8, 4) is 11.5 Å². The highest BCUT2D eigenvalue weighted by Crippen LogP contribution is 2.34. The molecular formula is C15H14BrNO2S. The highest BCUT2D eigenvalue weighted by atomic mass is 79.9. The average molecular weight is 352 g/mol. The molecule has 0 saturated carbocycles. The maximum atomic E-state index is 5.93. The molecular weight excluding hydrogens is 338 g/mol. The number of fused-ring (bicyclic) bond motifs is 1. The van der Waals surface area contributed by atoms with E-state index in [1.807, 2.05) is 42.5 Å². The monoisotopic (exact) mass is 351 g/mol. The predicted octanol–water partition coefficient (Wildman–Crippen LogP) is 3.96. The first-order chi connectivity index (χ1) is 9.72. The van der Waals surface area contributed by atoms with Crippen LogP contribution < -0.4 is 15.2 Å². The molecule has 2 aromatic rings. The molecule has 1 atom stereocenters. The third-order valence-electron chi connectivity index (χ3n) is 2.95. The molecule has 0 radical (unpaired) electrons. The largest absolute Gasteiger partial charge is 0.486 e. The molecule has 20 heavy (non-hydrogen) atoms. The predicted molar refractivity (Wildman–Crippen MR) is 85.6 cm³/mol. The van der Waals surface area contributed by atoms with Crippen LogP contribution in [-0.2, 0) is 0 Å². The van der Waals surface area contributed by atoms with Gasteiger partial charge in [0.25, 0.3) is 0 Å². The SMILES string of the molecule is Nc1ccc(SCC2COc3ccccc3O2)c(Br)c1. The molecule has 3 nitrogen and oxygen atoms in total. The van der Waals surface area contributed by atoms with Gasteiger partial charge in [-0.3, -0.25) is 0 Å². The van der Waals surface area contributed by atoms with E-state index in [1.54, 1.807) is 11.8 Å². The van der Waals surface area contributed by atoms with E-state index in [9.17, 15) is 0 Å². The highest BCUT2D eigenvalue weighted by molar-refractivity contribution is 9.10. The van der Waals surface area contributed by atoms with Gasteiger partial charge in [0.2, 0.25) is 0 Å². The van der Waals surface area contributed by atoms with Gasteiger partial charge in [0.05, 0.1) is 0 Å². The van der Waals surface area contributed by atoms with Crippen LogP contribution in [0.15, 0.2) is 51.8 Å². The maximum Gasteiger partial charge on any atom is 0.161 e. The lowest BCUT2D eigenvalue weighted by molar-refractivity contribution is 0.107. The number of hydrogen-bond donors (Lipinski definition) is 1. The van der Waals surface area contributed by atoms with Crippen LogP contribution in [0.5, 0.6) is 11.5 Å². The van der Waals surface area contributed by atoms with E-state index in [1.165, 1.54) is 0 Å². The third kappa shape index (κ3) is 3.04. The van der Waals surface area contributed by atoms with Gasteiger partial charge in [-0.25, -0.2) is 0 Å². The minimum Gasteiger partial charge on any atom is -0.486 e. The molecule has 0 aromatic heterocycles. The smallest absolute Gasteiger partial charge is 0.161 e. The summed E-state index contributed by atoms with van der Waals surface area (Å²) in [6, 6.07) is 13.6. The molecule has 3 rings (SSSR count). The summed E-state index contributed by atoms with van der Waals surface area (Å²) in [5.74, 6) is 2.47. The summed E-state index contributed by atoms with van der Waals surface area (Å²) in [6.07, 6.45) is 0.0550. The van der Waals surface area contributed by atoms with Gasteiger partial charge in [-0.15, -0.1) is 11.8 Å². The number of thioether (sulfide) groups is 1. The van der Waals surface area contributed by atoms with Gasteiger partial charge in [0, 0.05) is 20.8 Å². The second-order valence-electron chi connectivity index (χ2n) is 4.50. The normalized spacial score (nSPS) is 16.9. The van der Waals surface area contributed by atoms with Crippen LogP contribution in [-0.4, -0.2) is 18.5 Å². The van der Waals surface area contributed by atoms with Crippen molar-refractivity contribution in [2.24, 2.45) is 0 Å². The average Bonchev–Trinajstić information content (AvgIpc) is 2.46. The number of nitrogens with two attached hydrogens (primary N) is 1. The van der Waals surface area contributed by atoms with Crippen LogP contribution in [0.2, 0.25) is 0 Å². The van der Waals surface area contributed by atoms with Gasteiger partial charge in [-0.1, -0.05) is 12.1 Å². The first-order valence-electron chi connectivity index (χ1n) is 6.28. The Balaban J connectivity index is 1.63. The van der Waals surface area contributed by atoms with E-state index < -0.39 is 0 Å². The van der Waals surface area contributed by atoms with Gasteiger partial charge in [0.1, 0.15) is 12.7 Å². The molecule has 0 saturated heterocycles. The minimum absolute atomic E-state index is 0.0550. The molecule has 1 unspecified atom stereocenters. The highest BCUT2D eigenvalue weighted by Gasteiger charge is 2.20. The Hall–Kier alpha value is -1.33. The van der Waals surface area contributed by atoms with Crippen LogP contribution in [0.3, 0.4) is 0 Å².